The van der Waals surface area contributed by atoms with Gasteiger partial charge in [-0.1, -0.05) is 6.07 Å². The molecule has 0 aliphatic rings. The van der Waals surface area contributed by atoms with Crippen LogP contribution in [0.25, 0.3) is 0 Å². The van der Waals surface area contributed by atoms with E-state index in [1.807, 2.05) is 32.0 Å². The summed E-state index contributed by atoms with van der Waals surface area (Å²) in [6.45, 7) is 8.77. The topological polar surface area (TPSA) is 53.1 Å². The molecule has 0 bridgehead atoms. The van der Waals surface area contributed by atoms with Gasteiger partial charge in [0.15, 0.2) is 0 Å². The molecule has 2 rings (SSSR count). The van der Waals surface area contributed by atoms with Crippen molar-refractivity contribution < 1.29 is 4.74 Å². The average molecular weight is 245 g/mol. The minimum absolute atomic E-state index is 0.607. The Labute approximate surface area is 107 Å². The Kier molecular flexibility index (Phi) is 3.28. The van der Waals surface area contributed by atoms with Crippen LogP contribution in [-0.2, 0) is 6.54 Å². The molecule has 0 amide bonds. The van der Waals surface area contributed by atoms with Gasteiger partial charge in [-0.3, -0.25) is 0 Å². The van der Waals surface area contributed by atoms with E-state index >= 15 is 0 Å². The highest BCUT2D eigenvalue weighted by Crippen LogP contribution is 2.30. The number of aryl methyl sites for hydroxylation is 4. The number of ether oxygens (including phenoxy) is 1. The molecule has 1 aromatic carbocycles. The molecular weight excluding hydrogens is 226 g/mol. The number of anilines is 1. The third-order valence-electron chi connectivity index (χ3n) is 3.12. The zero-order chi connectivity index (χ0) is 13.3. The van der Waals surface area contributed by atoms with E-state index in [-0.39, 0.29) is 0 Å². The maximum absolute atomic E-state index is 5.99. The van der Waals surface area contributed by atoms with Crippen LogP contribution in [0, 0.1) is 20.8 Å². The van der Waals surface area contributed by atoms with Crippen LogP contribution in [-0.4, -0.2) is 9.78 Å². The number of nitrogen functional groups attached to an aromatic ring is 1. The second-order valence-electron chi connectivity index (χ2n) is 4.47. The molecule has 4 nitrogen and oxygen atoms in total. The van der Waals surface area contributed by atoms with Crippen LogP contribution in [0.2, 0.25) is 0 Å². The molecule has 2 N–H and O–H groups in total. The summed E-state index contributed by atoms with van der Waals surface area (Å²) in [5.41, 5.74) is 9.84. The molecule has 0 spiro atoms. The molecule has 0 fully saturated rings. The standard InChI is InChI=1S/C14H19N3O/c1-5-17-14(13(15)11(4)16-17)18-12-7-6-9(2)10(3)8-12/h6-8H,5,15H2,1-4H3. The van der Waals surface area contributed by atoms with Crippen LogP contribution in [0.5, 0.6) is 11.6 Å². The van der Waals surface area contributed by atoms with Gasteiger partial charge in [-0.25, -0.2) is 4.68 Å². The van der Waals surface area contributed by atoms with Crippen molar-refractivity contribution in [3.8, 4) is 11.6 Å². The lowest BCUT2D eigenvalue weighted by molar-refractivity contribution is 0.418. The maximum Gasteiger partial charge on any atom is 0.241 e. The highest BCUT2D eigenvalue weighted by atomic mass is 16.5. The quantitative estimate of drug-likeness (QED) is 0.903. The molecule has 0 aliphatic heterocycles. The van der Waals surface area contributed by atoms with Crippen molar-refractivity contribution in [2.75, 3.05) is 5.73 Å². The Bertz CT molecular complexity index is 573. The van der Waals surface area contributed by atoms with Crippen LogP contribution in [0.1, 0.15) is 23.7 Å². The molecule has 0 saturated carbocycles. The van der Waals surface area contributed by atoms with Crippen molar-refractivity contribution in [1.82, 2.24) is 9.78 Å². The number of hydrogen-bond acceptors (Lipinski definition) is 3. The van der Waals surface area contributed by atoms with Gasteiger partial charge in [-0.05, 0) is 51.0 Å². The normalized spacial score (nSPS) is 10.7. The summed E-state index contributed by atoms with van der Waals surface area (Å²) in [6, 6.07) is 6.00. The van der Waals surface area contributed by atoms with E-state index in [1.54, 1.807) is 4.68 Å². The lowest BCUT2D eigenvalue weighted by atomic mass is 10.1. The number of nitrogens with two attached hydrogens (primary N) is 1. The monoisotopic (exact) mass is 245 g/mol. The first kappa shape index (κ1) is 12.5. The van der Waals surface area contributed by atoms with E-state index in [2.05, 4.69) is 18.9 Å². The van der Waals surface area contributed by atoms with E-state index in [1.165, 1.54) is 11.1 Å². The summed E-state index contributed by atoms with van der Waals surface area (Å²) in [5.74, 6) is 1.41. The molecule has 1 heterocycles. The van der Waals surface area contributed by atoms with Gasteiger partial charge in [0.25, 0.3) is 0 Å². The van der Waals surface area contributed by atoms with Crippen molar-refractivity contribution in [3.63, 3.8) is 0 Å². The van der Waals surface area contributed by atoms with Crippen molar-refractivity contribution in [2.45, 2.75) is 34.2 Å². The predicted molar refractivity (Wildman–Crippen MR) is 73.0 cm³/mol. The molecule has 4 heteroatoms. The zero-order valence-corrected chi connectivity index (χ0v) is 11.3. The number of hydrogen-bond donors (Lipinski definition) is 1. The minimum atomic E-state index is 0.607. The van der Waals surface area contributed by atoms with Crippen LogP contribution >= 0.6 is 0 Å². The third-order valence-corrected chi connectivity index (χ3v) is 3.12. The van der Waals surface area contributed by atoms with Gasteiger partial charge in [0.1, 0.15) is 11.4 Å². The summed E-state index contributed by atoms with van der Waals surface area (Å²) in [4.78, 5) is 0. The third kappa shape index (κ3) is 2.18. The molecule has 18 heavy (non-hydrogen) atoms. The fourth-order valence-electron chi connectivity index (χ4n) is 1.79. The smallest absolute Gasteiger partial charge is 0.241 e. The molecule has 0 saturated heterocycles. The summed E-state index contributed by atoms with van der Waals surface area (Å²) < 4.78 is 7.64. The van der Waals surface area contributed by atoms with Crippen molar-refractivity contribution in [3.05, 3.63) is 35.0 Å². The summed E-state index contributed by atoms with van der Waals surface area (Å²) >= 11 is 0. The van der Waals surface area contributed by atoms with Crippen LogP contribution in [0.3, 0.4) is 0 Å². The van der Waals surface area contributed by atoms with E-state index in [0.29, 0.717) is 11.6 Å². The first-order valence-electron chi connectivity index (χ1n) is 6.11. The molecule has 96 valence electrons. The number of rotatable bonds is 3. The van der Waals surface area contributed by atoms with Crippen molar-refractivity contribution in [1.29, 1.82) is 0 Å². The number of aromatic nitrogens is 2. The van der Waals surface area contributed by atoms with Crippen LogP contribution in [0.15, 0.2) is 18.2 Å². The van der Waals surface area contributed by atoms with Crippen molar-refractivity contribution >= 4 is 5.69 Å². The lowest BCUT2D eigenvalue weighted by Crippen LogP contribution is -2.01. The van der Waals surface area contributed by atoms with Gasteiger partial charge in [0.2, 0.25) is 5.88 Å². The van der Waals surface area contributed by atoms with E-state index in [0.717, 1.165) is 18.0 Å². The summed E-state index contributed by atoms with van der Waals surface area (Å²) in [6.07, 6.45) is 0. The van der Waals surface area contributed by atoms with E-state index in [9.17, 15) is 0 Å². The molecule has 0 radical (unpaired) electrons. The van der Waals surface area contributed by atoms with Gasteiger partial charge in [0.05, 0.1) is 5.69 Å². The highest BCUT2D eigenvalue weighted by Gasteiger charge is 2.13. The van der Waals surface area contributed by atoms with Crippen molar-refractivity contribution in [2.24, 2.45) is 0 Å². The fourth-order valence-corrected chi connectivity index (χ4v) is 1.79. The Morgan fingerprint density at radius 3 is 2.56 bits per heavy atom. The Hall–Kier alpha value is -1.97. The average Bonchev–Trinajstić information content (AvgIpc) is 2.61. The second-order valence-corrected chi connectivity index (χ2v) is 4.47. The minimum Gasteiger partial charge on any atom is -0.437 e. The van der Waals surface area contributed by atoms with Gasteiger partial charge >= 0.3 is 0 Å². The predicted octanol–water partition coefficient (Wildman–Crippen LogP) is 3.20. The SMILES string of the molecule is CCn1nc(C)c(N)c1Oc1ccc(C)c(C)c1. The highest BCUT2D eigenvalue weighted by molar-refractivity contribution is 5.54. The van der Waals surface area contributed by atoms with Crippen LogP contribution < -0.4 is 10.5 Å². The first-order valence-corrected chi connectivity index (χ1v) is 6.11. The second kappa shape index (κ2) is 4.72. The Balaban J connectivity index is 2.36. The Morgan fingerprint density at radius 2 is 1.94 bits per heavy atom. The summed E-state index contributed by atoms with van der Waals surface area (Å²) in [5, 5.41) is 4.33. The molecule has 2 aromatic rings. The fraction of sp³-hybridized carbons (Fsp3) is 0.357. The summed E-state index contributed by atoms with van der Waals surface area (Å²) in [7, 11) is 0. The molecular formula is C14H19N3O. The Morgan fingerprint density at radius 1 is 1.22 bits per heavy atom. The zero-order valence-electron chi connectivity index (χ0n) is 11.3. The number of nitrogens with zero attached hydrogens (tertiary/aromatic N) is 2. The molecule has 0 unspecified atom stereocenters. The molecule has 0 atom stereocenters. The van der Waals surface area contributed by atoms with Gasteiger partial charge in [0, 0.05) is 6.54 Å². The van der Waals surface area contributed by atoms with E-state index < -0.39 is 0 Å². The number of benzene rings is 1. The van der Waals surface area contributed by atoms with Gasteiger partial charge in [-0.2, -0.15) is 5.10 Å². The maximum atomic E-state index is 5.99. The van der Waals surface area contributed by atoms with Gasteiger partial charge < -0.3 is 10.5 Å². The molecule has 0 aliphatic carbocycles. The van der Waals surface area contributed by atoms with E-state index in [4.69, 9.17) is 10.5 Å². The van der Waals surface area contributed by atoms with Crippen LogP contribution in [0.4, 0.5) is 5.69 Å². The molecule has 1 aromatic heterocycles. The van der Waals surface area contributed by atoms with Gasteiger partial charge in [-0.15, -0.1) is 0 Å². The largest absolute Gasteiger partial charge is 0.437 e. The lowest BCUT2D eigenvalue weighted by Gasteiger charge is -2.09. The first-order chi connectivity index (χ1) is 8.52.